The van der Waals surface area contributed by atoms with Crippen LogP contribution in [0.3, 0.4) is 0 Å². The third kappa shape index (κ3) is 3.41. The van der Waals surface area contributed by atoms with Crippen molar-refractivity contribution >= 4 is 29.4 Å². The number of allylic oxidation sites excluding steroid dienone is 1. The Morgan fingerprint density at radius 1 is 1.20 bits per heavy atom. The predicted octanol–water partition coefficient (Wildman–Crippen LogP) is 5.36. The van der Waals surface area contributed by atoms with Crippen molar-refractivity contribution in [2.75, 3.05) is 7.05 Å². The van der Waals surface area contributed by atoms with E-state index in [2.05, 4.69) is 78.6 Å². The number of pyridine rings is 1. The minimum atomic E-state index is 0.0836. The standard InChI is InChI=1S/C24H27N5S/c1-5-16(2)20(26-15-25)23-22(18-11-7-6-8-12-18)28(4)24(30-23)21-17(3)27-19-13-9-10-14-29(19)21/h6-15,24H,5H2,1-4H3,(H2,25,26)/b20-16+. The van der Waals surface area contributed by atoms with Gasteiger partial charge in [0.05, 0.1) is 34.0 Å². The van der Waals surface area contributed by atoms with Crippen LogP contribution >= 0.6 is 11.8 Å². The zero-order valence-corrected chi connectivity index (χ0v) is 18.6. The van der Waals surface area contributed by atoms with Gasteiger partial charge in [-0.05, 0) is 43.5 Å². The van der Waals surface area contributed by atoms with E-state index in [4.69, 9.17) is 10.7 Å². The Hall–Kier alpha value is -2.99. The van der Waals surface area contributed by atoms with Crippen LogP contribution in [0.4, 0.5) is 0 Å². The molecule has 3 heterocycles. The molecule has 6 heteroatoms. The Morgan fingerprint density at radius 2 is 1.93 bits per heavy atom. The normalized spacial score (nSPS) is 18.0. The third-order valence-corrected chi connectivity index (χ3v) is 6.92. The van der Waals surface area contributed by atoms with Gasteiger partial charge in [-0.25, -0.2) is 9.98 Å². The number of nitrogens with zero attached hydrogens (tertiary/aromatic N) is 4. The molecule has 1 aliphatic rings. The van der Waals surface area contributed by atoms with Gasteiger partial charge in [0.25, 0.3) is 0 Å². The van der Waals surface area contributed by atoms with E-state index in [0.717, 1.165) is 28.4 Å². The lowest BCUT2D eigenvalue weighted by atomic mass is 10.1. The Bertz CT molecular complexity index is 1160. The fraction of sp³-hybridized carbons (Fsp3) is 0.250. The van der Waals surface area contributed by atoms with Crippen molar-refractivity contribution < 1.29 is 0 Å². The van der Waals surface area contributed by atoms with Crippen molar-refractivity contribution in [3.8, 4) is 0 Å². The quantitative estimate of drug-likeness (QED) is 0.448. The molecule has 0 amide bonds. The highest BCUT2D eigenvalue weighted by Gasteiger charge is 2.36. The molecule has 2 aromatic heterocycles. The number of hydrogen-bond acceptors (Lipinski definition) is 4. The second kappa shape index (κ2) is 8.40. The van der Waals surface area contributed by atoms with Gasteiger partial charge in [0.15, 0.2) is 0 Å². The molecule has 5 nitrogen and oxygen atoms in total. The van der Waals surface area contributed by atoms with E-state index < -0.39 is 0 Å². The highest BCUT2D eigenvalue weighted by atomic mass is 32.2. The van der Waals surface area contributed by atoms with E-state index in [1.165, 1.54) is 28.9 Å². The molecular weight excluding hydrogens is 390 g/mol. The molecule has 30 heavy (non-hydrogen) atoms. The monoisotopic (exact) mass is 417 g/mol. The van der Waals surface area contributed by atoms with Crippen molar-refractivity contribution in [3.63, 3.8) is 0 Å². The molecule has 0 fully saturated rings. The molecule has 2 N–H and O–H groups in total. The number of imidazole rings is 1. The number of rotatable bonds is 5. The third-order valence-electron chi connectivity index (χ3n) is 5.53. The first-order chi connectivity index (χ1) is 14.6. The van der Waals surface area contributed by atoms with Crippen LogP contribution < -0.4 is 5.73 Å². The van der Waals surface area contributed by atoms with Gasteiger partial charge in [-0.15, -0.1) is 0 Å². The molecule has 4 rings (SSSR count). The Labute approximate surface area is 182 Å². The van der Waals surface area contributed by atoms with Crippen LogP contribution in [0.25, 0.3) is 11.3 Å². The maximum atomic E-state index is 5.75. The average Bonchev–Trinajstić information content (AvgIpc) is 3.27. The second-order valence-corrected chi connectivity index (χ2v) is 8.49. The average molecular weight is 418 g/mol. The van der Waals surface area contributed by atoms with Gasteiger partial charge in [0, 0.05) is 13.2 Å². The van der Waals surface area contributed by atoms with Crippen LogP contribution in [0.5, 0.6) is 0 Å². The van der Waals surface area contributed by atoms with E-state index in [9.17, 15) is 0 Å². The number of thioether (sulfide) groups is 1. The van der Waals surface area contributed by atoms with Gasteiger partial charge in [-0.2, -0.15) is 0 Å². The number of nitrogens with two attached hydrogens (primary N) is 1. The van der Waals surface area contributed by atoms with Crippen LogP contribution in [0.1, 0.15) is 42.6 Å². The number of hydrogen-bond donors (Lipinski definition) is 1. The summed E-state index contributed by atoms with van der Waals surface area (Å²) in [5, 5.41) is 0.0836. The highest BCUT2D eigenvalue weighted by molar-refractivity contribution is 8.04. The molecule has 0 bridgehead atoms. The minimum Gasteiger partial charge on any atom is -0.390 e. The maximum Gasteiger partial charge on any atom is 0.137 e. The number of benzene rings is 1. The van der Waals surface area contributed by atoms with Gasteiger partial charge < -0.3 is 15.0 Å². The minimum absolute atomic E-state index is 0.0836. The van der Waals surface area contributed by atoms with Gasteiger partial charge in [-0.3, -0.25) is 0 Å². The lowest BCUT2D eigenvalue weighted by Gasteiger charge is -2.25. The Kier molecular flexibility index (Phi) is 5.68. The molecule has 0 radical (unpaired) electrons. The summed E-state index contributed by atoms with van der Waals surface area (Å²) in [6.45, 7) is 6.37. The predicted molar refractivity (Wildman–Crippen MR) is 127 cm³/mol. The summed E-state index contributed by atoms with van der Waals surface area (Å²) in [6.07, 6.45) is 4.41. The molecule has 1 aliphatic heterocycles. The van der Waals surface area contributed by atoms with E-state index >= 15 is 0 Å². The fourth-order valence-electron chi connectivity index (χ4n) is 3.90. The zero-order chi connectivity index (χ0) is 21.3. The SMILES string of the molecule is CC/C(C)=C(/N=CN)C1=C(c2ccccc2)N(C)C(c2c(C)nc3ccccn23)S1. The summed E-state index contributed by atoms with van der Waals surface area (Å²) in [4.78, 5) is 12.9. The van der Waals surface area contributed by atoms with Crippen LogP contribution in [0, 0.1) is 6.92 Å². The van der Waals surface area contributed by atoms with Gasteiger partial charge in [0.1, 0.15) is 11.0 Å². The van der Waals surface area contributed by atoms with Crippen LogP contribution in [0.2, 0.25) is 0 Å². The maximum absolute atomic E-state index is 5.75. The summed E-state index contributed by atoms with van der Waals surface area (Å²) >= 11 is 1.82. The van der Waals surface area contributed by atoms with Crippen molar-refractivity contribution in [1.82, 2.24) is 14.3 Å². The van der Waals surface area contributed by atoms with Crippen LogP contribution in [-0.2, 0) is 0 Å². The molecule has 3 aromatic rings. The summed E-state index contributed by atoms with van der Waals surface area (Å²) in [6, 6.07) is 16.6. The second-order valence-electron chi connectivity index (χ2n) is 7.40. The molecular formula is C24H27N5S. The largest absolute Gasteiger partial charge is 0.390 e. The van der Waals surface area contributed by atoms with Crippen molar-refractivity contribution in [2.45, 2.75) is 32.6 Å². The molecule has 0 saturated heterocycles. The topological polar surface area (TPSA) is 58.9 Å². The molecule has 0 aliphatic carbocycles. The summed E-state index contributed by atoms with van der Waals surface area (Å²) < 4.78 is 2.19. The van der Waals surface area contributed by atoms with E-state index in [1.54, 1.807) is 0 Å². The van der Waals surface area contributed by atoms with E-state index in [-0.39, 0.29) is 5.37 Å². The van der Waals surface area contributed by atoms with Crippen molar-refractivity contribution in [1.29, 1.82) is 0 Å². The number of aliphatic imine (C=N–C) groups is 1. The highest BCUT2D eigenvalue weighted by Crippen LogP contribution is 2.53. The zero-order valence-electron chi connectivity index (χ0n) is 17.8. The Balaban J connectivity index is 1.91. The molecule has 1 atom stereocenters. The first-order valence-corrected chi connectivity index (χ1v) is 11.0. The van der Waals surface area contributed by atoms with Gasteiger partial charge in [0.2, 0.25) is 0 Å². The number of fused-ring (bicyclic) bond motifs is 1. The lowest BCUT2D eigenvalue weighted by Crippen LogP contribution is -2.18. The lowest BCUT2D eigenvalue weighted by molar-refractivity contribution is 0.460. The summed E-state index contributed by atoms with van der Waals surface area (Å²) in [5.74, 6) is 0. The molecule has 0 saturated carbocycles. The first kappa shape index (κ1) is 20.3. The number of aromatic nitrogens is 2. The van der Waals surface area contributed by atoms with Crippen LogP contribution in [-0.4, -0.2) is 27.7 Å². The smallest absolute Gasteiger partial charge is 0.137 e. The molecule has 154 valence electrons. The molecule has 0 spiro atoms. The number of aryl methyl sites for hydroxylation is 1. The van der Waals surface area contributed by atoms with Crippen molar-refractivity contribution in [3.05, 3.63) is 87.9 Å². The van der Waals surface area contributed by atoms with E-state index in [1.807, 2.05) is 30.0 Å². The van der Waals surface area contributed by atoms with Gasteiger partial charge in [-0.1, -0.05) is 55.1 Å². The molecule has 1 unspecified atom stereocenters. The van der Waals surface area contributed by atoms with E-state index in [0.29, 0.717) is 0 Å². The first-order valence-electron chi connectivity index (χ1n) is 10.1. The van der Waals surface area contributed by atoms with Crippen LogP contribution in [0.15, 0.2) is 75.9 Å². The van der Waals surface area contributed by atoms with Gasteiger partial charge >= 0.3 is 0 Å². The Morgan fingerprint density at radius 3 is 2.63 bits per heavy atom. The van der Waals surface area contributed by atoms with Crippen molar-refractivity contribution in [2.24, 2.45) is 10.7 Å². The molecule has 1 aromatic carbocycles. The summed E-state index contributed by atoms with van der Waals surface area (Å²) in [7, 11) is 2.15. The fourth-order valence-corrected chi connectivity index (χ4v) is 5.49. The summed E-state index contributed by atoms with van der Waals surface area (Å²) in [5.41, 5.74) is 13.5.